The fourth-order valence-electron chi connectivity index (χ4n) is 2.81. The maximum atomic E-state index is 13.1. The van der Waals surface area contributed by atoms with E-state index in [0.29, 0.717) is 19.6 Å². The van der Waals surface area contributed by atoms with Crippen molar-refractivity contribution in [3.63, 3.8) is 0 Å². The van der Waals surface area contributed by atoms with E-state index < -0.39 is 24.1 Å². The summed E-state index contributed by atoms with van der Waals surface area (Å²) in [5, 5.41) is 0. The maximum Gasteiger partial charge on any atom is 0.410 e. The van der Waals surface area contributed by atoms with Gasteiger partial charge in [0.2, 0.25) is 5.91 Å². The summed E-state index contributed by atoms with van der Waals surface area (Å²) in [7, 11) is 3.13. The van der Waals surface area contributed by atoms with Gasteiger partial charge >= 0.3 is 12.1 Å². The number of hydrogen-bond donors (Lipinski definition) is 0. The van der Waals surface area contributed by atoms with E-state index in [2.05, 4.69) is 0 Å². The smallest absolute Gasteiger partial charge is 0.410 e. The number of rotatable bonds is 10. The van der Waals surface area contributed by atoms with Crippen LogP contribution in [0.5, 0.6) is 0 Å². The normalized spacial score (nSPS) is 13.3. The van der Waals surface area contributed by atoms with E-state index in [1.165, 1.54) is 9.80 Å². The SMILES string of the molecule is CCCOC(=O)C(C(C)C)N(C)C(=O)C(C(C)C)N(C)C(=O)OCCC. The molecule has 0 radical (unpaired) electrons. The minimum atomic E-state index is -0.718. The van der Waals surface area contributed by atoms with Crippen molar-refractivity contribution in [1.29, 1.82) is 0 Å². The second kappa shape index (κ2) is 11.8. The first-order chi connectivity index (χ1) is 12.1. The van der Waals surface area contributed by atoms with Crippen molar-refractivity contribution in [3.05, 3.63) is 0 Å². The zero-order valence-corrected chi connectivity index (χ0v) is 17.6. The van der Waals surface area contributed by atoms with Gasteiger partial charge in [-0.15, -0.1) is 0 Å². The molecular formula is C19H36N2O5. The van der Waals surface area contributed by atoms with Crippen molar-refractivity contribution in [2.24, 2.45) is 11.8 Å². The Labute approximate surface area is 158 Å². The lowest BCUT2D eigenvalue weighted by atomic mass is 9.98. The van der Waals surface area contributed by atoms with E-state index in [-0.39, 0.29) is 17.7 Å². The summed E-state index contributed by atoms with van der Waals surface area (Å²) in [5.74, 6) is -0.971. The van der Waals surface area contributed by atoms with E-state index in [1.54, 1.807) is 14.1 Å². The molecule has 2 atom stereocenters. The van der Waals surface area contributed by atoms with E-state index in [9.17, 15) is 14.4 Å². The monoisotopic (exact) mass is 372 g/mol. The van der Waals surface area contributed by atoms with Crippen molar-refractivity contribution in [2.45, 2.75) is 66.5 Å². The number of carbonyl (C=O) groups excluding carboxylic acids is 3. The minimum Gasteiger partial charge on any atom is -0.464 e. The number of hydrogen-bond acceptors (Lipinski definition) is 5. The predicted molar refractivity (Wildman–Crippen MR) is 101 cm³/mol. The highest BCUT2D eigenvalue weighted by Crippen LogP contribution is 2.19. The Morgan fingerprint density at radius 3 is 1.65 bits per heavy atom. The number of carbonyl (C=O) groups is 3. The van der Waals surface area contributed by atoms with Crippen LogP contribution in [-0.2, 0) is 19.1 Å². The van der Waals surface area contributed by atoms with Crippen molar-refractivity contribution in [2.75, 3.05) is 27.3 Å². The summed E-state index contributed by atoms with van der Waals surface area (Å²) in [6.07, 6.45) is 0.884. The molecule has 7 heteroatoms. The molecule has 0 aromatic heterocycles. The number of nitrogens with zero attached hydrogens (tertiary/aromatic N) is 2. The quantitative estimate of drug-likeness (QED) is 0.551. The Morgan fingerprint density at radius 1 is 0.769 bits per heavy atom. The van der Waals surface area contributed by atoms with Gasteiger partial charge in [-0.05, 0) is 24.7 Å². The largest absolute Gasteiger partial charge is 0.464 e. The van der Waals surface area contributed by atoms with Crippen LogP contribution in [0.2, 0.25) is 0 Å². The Bertz CT molecular complexity index is 465. The molecule has 0 N–H and O–H groups in total. The summed E-state index contributed by atoms with van der Waals surface area (Å²) in [4.78, 5) is 40.4. The molecule has 0 heterocycles. The number of likely N-dealkylation sites (N-methyl/N-ethyl adjacent to an activating group) is 2. The van der Waals surface area contributed by atoms with Crippen LogP contribution < -0.4 is 0 Å². The third-order valence-electron chi connectivity index (χ3n) is 4.11. The van der Waals surface area contributed by atoms with Crippen LogP contribution in [0.25, 0.3) is 0 Å². The van der Waals surface area contributed by atoms with Gasteiger partial charge < -0.3 is 14.4 Å². The lowest BCUT2D eigenvalue weighted by Gasteiger charge is -2.36. The molecule has 152 valence electrons. The Kier molecular flexibility index (Phi) is 10.9. The highest BCUT2D eigenvalue weighted by Gasteiger charge is 2.38. The molecule has 2 amide bonds. The molecule has 2 unspecified atom stereocenters. The van der Waals surface area contributed by atoms with Gasteiger partial charge in [-0.3, -0.25) is 9.69 Å². The van der Waals surface area contributed by atoms with E-state index in [0.717, 1.165) is 6.42 Å². The van der Waals surface area contributed by atoms with Crippen molar-refractivity contribution >= 4 is 18.0 Å². The highest BCUT2D eigenvalue weighted by molar-refractivity contribution is 5.89. The van der Waals surface area contributed by atoms with Crippen molar-refractivity contribution in [1.82, 2.24) is 9.80 Å². The summed E-state index contributed by atoms with van der Waals surface area (Å²) >= 11 is 0. The van der Waals surface area contributed by atoms with Gasteiger partial charge in [-0.2, -0.15) is 0 Å². The third-order valence-corrected chi connectivity index (χ3v) is 4.11. The molecule has 0 saturated carbocycles. The van der Waals surface area contributed by atoms with Gasteiger partial charge in [-0.25, -0.2) is 9.59 Å². The molecule has 0 bridgehead atoms. The fourth-order valence-corrected chi connectivity index (χ4v) is 2.81. The summed E-state index contributed by atoms with van der Waals surface area (Å²) in [5.41, 5.74) is 0. The Morgan fingerprint density at radius 2 is 1.23 bits per heavy atom. The molecule has 0 rings (SSSR count). The van der Waals surface area contributed by atoms with Crippen LogP contribution in [0.15, 0.2) is 0 Å². The second-order valence-electron chi connectivity index (χ2n) is 7.22. The topological polar surface area (TPSA) is 76.2 Å². The summed E-state index contributed by atoms with van der Waals surface area (Å²) in [6, 6.07) is -1.42. The average molecular weight is 373 g/mol. The molecule has 0 aromatic carbocycles. The van der Waals surface area contributed by atoms with Gasteiger partial charge in [0.25, 0.3) is 0 Å². The van der Waals surface area contributed by atoms with Crippen LogP contribution in [0.1, 0.15) is 54.4 Å². The second-order valence-corrected chi connectivity index (χ2v) is 7.22. The molecule has 0 saturated heterocycles. The number of amides is 2. The zero-order valence-electron chi connectivity index (χ0n) is 17.6. The van der Waals surface area contributed by atoms with E-state index >= 15 is 0 Å². The highest BCUT2D eigenvalue weighted by atomic mass is 16.6. The molecule has 0 aliphatic heterocycles. The molecular weight excluding hydrogens is 336 g/mol. The predicted octanol–water partition coefficient (Wildman–Crippen LogP) is 2.93. The van der Waals surface area contributed by atoms with Gasteiger partial charge in [0.15, 0.2) is 0 Å². The molecule has 7 nitrogen and oxygen atoms in total. The van der Waals surface area contributed by atoms with Crippen LogP contribution in [0.4, 0.5) is 4.79 Å². The minimum absolute atomic E-state index is 0.113. The summed E-state index contributed by atoms with van der Waals surface area (Å²) < 4.78 is 10.4. The van der Waals surface area contributed by atoms with Gasteiger partial charge in [0.05, 0.1) is 13.2 Å². The van der Waals surface area contributed by atoms with Crippen molar-refractivity contribution < 1.29 is 23.9 Å². The van der Waals surface area contributed by atoms with E-state index in [1.807, 2.05) is 41.5 Å². The Balaban J connectivity index is 5.41. The number of esters is 1. The maximum absolute atomic E-state index is 13.1. The summed E-state index contributed by atoms with van der Waals surface area (Å²) in [6.45, 7) is 11.9. The third kappa shape index (κ3) is 6.84. The van der Waals surface area contributed by atoms with Gasteiger partial charge in [-0.1, -0.05) is 41.5 Å². The first-order valence-corrected chi connectivity index (χ1v) is 9.42. The standard InChI is InChI=1S/C19H36N2O5/c1-9-11-25-18(23)16(14(5)6)20(7)17(22)15(13(3)4)21(8)19(24)26-12-10-2/h13-16H,9-12H2,1-8H3. The van der Waals surface area contributed by atoms with E-state index in [4.69, 9.17) is 9.47 Å². The van der Waals surface area contributed by atoms with Crippen LogP contribution >= 0.6 is 0 Å². The Hall–Kier alpha value is -1.79. The number of ether oxygens (including phenoxy) is 2. The average Bonchev–Trinajstić information content (AvgIpc) is 2.56. The molecule has 0 aromatic rings. The fraction of sp³-hybridized carbons (Fsp3) is 0.842. The molecule has 0 fully saturated rings. The van der Waals surface area contributed by atoms with Crippen LogP contribution in [0.3, 0.4) is 0 Å². The van der Waals surface area contributed by atoms with Crippen molar-refractivity contribution in [3.8, 4) is 0 Å². The van der Waals surface area contributed by atoms with Crippen LogP contribution in [-0.4, -0.2) is 67.2 Å². The molecule has 0 aliphatic rings. The first-order valence-electron chi connectivity index (χ1n) is 9.42. The first kappa shape index (κ1) is 24.2. The van der Waals surface area contributed by atoms with Crippen LogP contribution in [0, 0.1) is 11.8 Å². The molecule has 0 spiro atoms. The zero-order chi connectivity index (χ0) is 20.4. The molecule has 26 heavy (non-hydrogen) atoms. The lowest BCUT2D eigenvalue weighted by Crippen LogP contribution is -2.56. The van der Waals surface area contributed by atoms with Gasteiger partial charge in [0.1, 0.15) is 12.1 Å². The van der Waals surface area contributed by atoms with Gasteiger partial charge in [0, 0.05) is 14.1 Å². The lowest BCUT2D eigenvalue weighted by molar-refractivity contribution is -0.158. The molecule has 0 aliphatic carbocycles.